The predicted octanol–water partition coefficient (Wildman–Crippen LogP) is 2.85. The van der Waals surface area contributed by atoms with Crippen LogP contribution in [0.2, 0.25) is 0 Å². The van der Waals surface area contributed by atoms with Crippen LogP contribution in [0.15, 0.2) is 0 Å². The second kappa shape index (κ2) is 6.02. The zero-order chi connectivity index (χ0) is 11.4. The zero-order valence-electron chi connectivity index (χ0n) is 10.6. The highest BCUT2D eigenvalue weighted by molar-refractivity contribution is 4.85. The molecule has 3 atom stereocenters. The van der Waals surface area contributed by atoms with Crippen LogP contribution in [0, 0.1) is 5.92 Å². The Balaban J connectivity index is 1.78. The maximum absolute atomic E-state index is 9.95. The van der Waals surface area contributed by atoms with E-state index in [1.807, 2.05) is 0 Å². The molecule has 0 aliphatic heterocycles. The van der Waals surface area contributed by atoms with Crippen LogP contribution in [0.3, 0.4) is 0 Å². The van der Waals surface area contributed by atoms with E-state index in [0.717, 1.165) is 18.8 Å². The minimum atomic E-state index is -0.0974. The lowest BCUT2D eigenvalue weighted by molar-refractivity contribution is 0.0788. The molecule has 0 heterocycles. The van der Waals surface area contributed by atoms with Crippen molar-refractivity contribution in [2.45, 2.75) is 82.9 Å². The van der Waals surface area contributed by atoms with Crippen molar-refractivity contribution in [3.63, 3.8) is 0 Å². The molecule has 3 unspecified atom stereocenters. The maximum atomic E-state index is 9.95. The molecule has 0 amide bonds. The van der Waals surface area contributed by atoms with Crippen molar-refractivity contribution in [3.05, 3.63) is 0 Å². The quantitative estimate of drug-likeness (QED) is 0.774. The molecule has 2 rings (SSSR count). The summed E-state index contributed by atoms with van der Waals surface area (Å²) >= 11 is 0. The number of rotatable bonds is 3. The van der Waals surface area contributed by atoms with Crippen LogP contribution in [0.5, 0.6) is 0 Å². The number of aliphatic hydroxyl groups excluding tert-OH is 1. The third-order valence-corrected chi connectivity index (χ3v) is 4.56. The Hall–Kier alpha value is -0.0800. The lowest BCUT2D eigenvalue weighted by Gasteiger charge is -2.35. The van der Waals surface area contributed by atoms with Gasteiger partial charge in [0.2, 0.25) is 0 Å². The van der Waals surface area contributed by atoms with Gasteiger partial charge in [-0.05, 0) is 38.5 Å². The third-order valence-electron chi connectivity index (χ3n) is 4.56. The van der Waals surface area contributed by atoms with Gasteiger partial charge in [0.15, 0.2) is 0 Å². The van der Waals surface area contributed by atoms with Crippen LogP contribution in [-0.4, -0.2) is 23.3 Å². The van der Waals surface area contributed by atoms with Crippen molar-refractivity contribution < 1.29 is 5.11 Å². The molecule has 0 aromatic rings. The van der Waals surface area contributed by atoms with E-state index in [1.54, 1.807) is 0 Å². The fourth-order valence-corrected chi connectivity index (χ4v) is 3.41. The van der Waals surface area contributed by atoms with Gasteiger partial charge >= 0.3 is 0 Å². The number of aliphatic hydroxyl groups is 1. The van der Waals surface area contributed by atoms with E-state index in [4.69, 9.17) is 0 Å². The van der Waals surface area contributed by atoms with Crippen LogP contribution >= 0.6 is 0 Å². The van der Waals surface area contributed by atoms with Gasteiger partial charge in [-0.25, -0.2) is 0 Å². The highest BCUT2D eigenvalue weighted by Gasteiger charge is 2.27. The van der Waals surface area contributed by atoms with E-state index in [0.29, 0.717) is 12.1 Å². The number of hydrogen-bond acceptors (Lipinski definition) is 2. The van der Waals surface area contributed by atoms with Gasteiger partial charge in [0.1, 0.15) is 0 Å². The summed E-state index contributed by atoms with van der Waals surface area (Å²) in [5.74, 6) is 0.850. The molecule has 0 aromatic carbocycles. The first-order chi connectivity index (χ1) is 7.77. The summed E-state index contributed by atoms with van der Waals surface area (Å²) in [6.45, 7) is 2.32. The largest absolute Gasteiger partial charge is 0.392 e. The Morgan fingerprint density at radius 1 is 0.938 bits per heavy atom. The van der Waals surface area contributed by atoms with Crippen LogP contribution in [0.25, 0.3) is 0 Å². The van der Waals surface area contributed by atoms with Crippen molar-refractivity contribution in [2.24, 2.45) is 5.92 Å². The summed E-state index contributed by atoms with van der Waals surface area (Å²) in [6, 6.07) is 0.962. The van der Waals surface area contributed by atoms with Gasteiger partial charge in [0.25, 0.3) is 0 Å². The van der Waals surface area contributed by atoms with Gasteiger partial charge in [0, 0.05) is 12.1 Å². The molecular formula is C14H27NO. The summed E-state index contributed by atoms with van der Waals surface area (Å²) in [5, 5.41) is 13.6. The van der Waals surface area contributed by atoms with Gasteiger partial charge in [-0.15, -0.1) is 0 Å². The molecule has 0 radical (unpaired) electrons. The molecule has 0 aromatic heterocycles. The minimum absolute atomic E-state index is 0.0974. The second-order valence-electron chi connectivity index (χ2n) is 5.81. The average molecular weight is 225 g/mol. The SMILES string of the molecule is CC(NC1CCCCC1O)C1CCCCC1. The van der Waals surface area contributed by atoms with Crippen molar-refractivity contribution in [1.29, 1.82) is 0 Å². The van der Waals surface area contributed by atoms with E-state index in [-0.39, 0.29) is 6.10 Å². The monoisotopic (exact) mass is 225 g/mol. The Labute approximate surface area is 99.8 Å². The molecular weight excluding hydrogens is 198 g/mol. The third kappa shape index (κ3) is 3.21. The topological polar surface area (TPSA) is 32.3 Å². The highest BCUT2D eigenvalue weighted by Crippen LogP contribution is 2.27. The smallest absolute Gasteiger partial charge is 0.0693 e. The van der Waals surface area contributed by atoms with Gasteiger partial charge in [0.05, 0.1) is 6.10 Å². The average Bonchev–Trinajstić information content (AvgIpc) is 2.33. The van der Waals surface area contributed by atoms with E-state index >= 15 is 0 Å². The molecule has 2 aliphatic rings. The summed E-state index contributed by atoms with van der Waals surface area (Å²) in [6.07, 6.45) is 11.6. The standard InChI is InChI=1S/C14H27NO/c1-11(12-7-3-2-4-8-12)15-13-9-5-6-10-14(13)16/h11-16H,2-10H2,1H3. The Morgan fingerprint density at radius 2 is 1.56 bits per heavy atom. The first kappa shape index (κ1) is 12.4. The fraction of sp³-hybridized carbons (Fsp3) is 1.00. The Kier molecular flexibility index (Phi) is 4.66. The molecule has 0 spiro atoms. The predicted molar refractivity (Wildman–Crippen MR) is 67.4 cm³/mol. The van der Waals surface area contributed by atoms with Crippen LogP contribution < -0.4 is 5.32 Å². The summed E-state index contributed by atoms with van der Waals surface area (Å²) in [5.41, 5.74) is 0. The van der Waals surface area contributed by atoms with Crippen molar-refractivity contribution in [3.8, 4) is 0 Å². The Bertz CT molecular complexity index is 201. The minimum Gasteiger partial charge on any atom is -0.392 e. The highest BCUT2D eigenvalue weighted by atomic mass is 16.3. The van der Waals surface area contributed by atoms with Gasteiger partial charge in [-0.3, -0.25) is 0 Å². The molecule has 2 aliphatic carbocycles. The number of hydrogen-bond donors (Lipinski definition) is 2. The fourth-order valence-electron chi connectivity index (χ4n) is 3.41. The molecule has 16 heavy (non-hydrogen) atoms. The normalized spacial score (nSPS) is 34.9. The van der Waals surface area contributed by atoms with E-state index in [2.05, 4.69) is 12.2 Å². The molecule has 0 saturated heterocycles. The maximum Gasteiger partial charge on any atom is 0.0693 e. The lowest BCUT2D eigenvalue weighted by atomic mass is 9.83. The van der Waals surface area contributed by atoms with E-state index < -0.39 is 0 Å². The van der Waals surface area contributed by atoms with E-state index in [1.165, 1.54) is 44.9 Å². The van der Waals surface area contributed by atoms with Gasteiger partial charge in [-0.2, -0.15) is 0 Å². The van der Waals surface area contributed by atoms with Gasteiger partial charge < -0.3 is 10.4 Å². The summed E-state index contributed by atoms with van der Waals surface area (Å²) in [7, 11) is 0. The molecule has 2 nitrogen and oxygen atoms in total. The molecule has 2 fully saturated rings. The molecule has 0 bridgehead atoms. The van der Waals surface area contributed by atoms with Crippen molar-refractivity contribution in [1.82, 2.24) is 5.32 Å². The van der Waals surface area contributed by atoms with E-state index in [9.17, 15) is 5.11 Å². The summed E-state index contributed by atoms with van der Waals surface area (Å²) in [4.78, 5) is 0. The molecule has 94 valence electrons. The van der Waals surface area contributed by atoms with Crippen molar-refractivity contribution >= 4 is 0 Å². The summed E-state index contributed by atoms with van der Waals surface area (Å²) < 4.78 is 0. The molecule has 2 heteroatoms. The first-order valence-electron chi connectivity index (χ1n) is 7.21. The van der Waals surface area contributed by atoms with Crippen LogP contribution in [0.1, 0.15) is 64.7 Å². The number of nitrogens with one attached hydrogen (secondary N) is 1. The second-order valence-corrected chi connectivity index (χ2v) is 5.81. The Morgan fingerprint density at radius 3 is 2.25 bits per heavy atom. The van der Waals surface area contributed by atoms with Crippen LogP contribution in [0.4, 0.5) is 0 Å². The zero-order valence-corrected chi connectivity index (χ0v) is 10.6. The first-order valence-corrected chi connectivity index (χ1v) is 7.21. The molecule has 2 saturated carbocycles. The lowest BCUT2D eigenvalue weighted by Crippen LogP contribution is -2.48. The molecule has 2 N–H and O–H groups in total. The van der Waals surface area contributed by atoms with Crippen molar-refractivity contribution in [2.75, 3.05) is 0 Å². The van der Waals surface area contributed by atoms with Gasteiger partial charge in [-0.1, -0.05) is 32.1 Å². The van der Waals surface area contributed by atoms with Crippen LogP contribution in [-0.2, 0) is 0 Å².